The van der Waals surface area contributed by atoms with E-state index in [0.29, 0.717) is 5.02 Å². The summed E-state index contributed by atoms with van der Waals surface area (Å²) >= 11 is 6.44. The van der Waals surface area contributed by atoms with Crippen LogP contribution in [0.2, 0.25) is 5.02 Å². The van der Waals surface area contributed by atoms with Gasteiger partial charge in [0.1, 0.15) is 11.5 Å². The zero-order valence-electron chi connectivity index (χ0n) is 19.4. The van der Waals surface area contributed by atoms with Gasteiger partial charge in [-0.15, -0.1) is 0 Å². The summed E-state index contributed by atoms with van der Waals surface area (Å²) in [5.41, 5.74) is 6.68. The van der Waals surface area contributed by atoms with Crippen LogP contribution >= 0.6 is 11.6 Å². The van der Waals surface area contributed by atoms with Gasteiger partial charge >= 0.3 is 0 Å². The Morgan fingerprint density at radius 1 is 0.781 bits per heavy atom. The number of hydrogen-bond donors (Lipinski definition) is 1. The largest absolute Gasteiger partial charge is 0.457 e. The lowest BCUT2D eigenvalue weighted by atomic mass is 9.98. The standard InChI is InChI=1S/C27H32ClN3O/c1-5-30(6-2)21-14-13-19-15-20-16-24(29-23-12-10-9-11-22(23)28)25(31(7-3)8-4)18-27(20)32-26(19)17-21/h9-14,16-18,29H,5-8,15H2,1-4H3. The first-order valence-electron chi connectivity index (χ1n) is 11.6. The van der Waals surface area contributed by atoms with Crippen LogP contribution in [-0.4, -0.2) is 26.2 Å². The van der Waals surface area contributed by atoms with Crippen molar-refractivity contribution in [3.63, 3.8) is 0 Å². The summed E-state index contributed by atoms with van der Waals surface area (Å²) in [6.07, 6.45) is 0.846. The summed E-state index contributed by atoms with van der Waals surface area (Å²) in [6, 6.07) is 18.8. The molecule has 0 saturated carbocycles. The third-order valence-corrected chi connectivity index (χ3v) is 6.54. The molecule has 4 rings (SSSR count). The van der Waals surface area contributed by atoms with E-state index < -0.39 is 0 Å². The normalized spacial score (nSPS) is 11.9. The number of anilines is 4. The topological polar surface area (TPSA) is 27.7 Å². The van der Waals surface area contributed by atoms with Gasteiger partial charge in [-0.05, 0) is 57.5 Å². The van der Waals surface area contributed by atoms with Crippen molar-refractivity contribution in [2.45, 2.75) is 34.1 Å². The summed E-state index contributed by atoms with van der Waals surface area (Å²) in [4.78, 5) is 4.68. The molecule has 1 aliphatic rings. The van der Waals surface area contributed by atoms with Crippen molar-refractivity contribution >= 4 is 34.4 Å². The average molecular weight is 450 g/mol. The van der Waals surface area contributed by atoms with Crippen molar-refractivity contribution in [1.29, 1.82) is 0 Å². The van der Waals surface area contributed by atoms with Crippen LogP contribution in [0.3, 0.4) is 0 Å². The van der Waals surface area contributed by atoms with Gasteiger partial charge in [0, 0.05) is 56.0 Å². The Labute approximate surface area is 196 Å². The smallest absolute Gasteiger partial charge is 0.133 e. The fourth-order valence-electron chi connectivity index (χ4n) is 4.37. The summed E-state index contributed by atoms with van der Waals surface area (Å²) in [5.74, 6) is 1.89. The van der Waals surface area contributed by atoms with Gasteiger partial charge in [-0.25, -0.2) is 0 Å². The molecule has 0 aromatic heterocycles. The van der Waals surface area contributed by atoms with Gasteiger partial charge in [0.15, 0.2) is 0 Å². The maximum absolute atomic E-state index is 6.46. The Hall–Kier alpha value is -2.85. The number of nitrogens with zero attached hydrogens (tertiary/aromatic N) is 2. The molecule has 1 heterocycles. The van der Waals surface area contributed by atoms with Gasteiger partial charge in [-0.1, -0.05) is 29.8 Å². The molecule has 0 bridgehead atoms. The first-order chi connectivity index (χ1) is 15.6. The highest BCUT2D eigenvalue weighted by atomic mass is 35.5. The van der Waals surface area contributed by atoms with Crippen LogP contribution in [0.1, 0.15) is 38.8 Å². The number of nitrogens with one attached hydrogen (secondary N) is 1. The van der Waals surface area contributed by atoms with Crippen LogP contribution in [0, 0.1) is 0 Å². The molecule has 0 spiro atoms. The van der Waals surface area contributed by atoms with Gasteiger partial charge < -0.3 is 19.9 Å². The minimum atomic E-state index is 0.709. The second-order valence-electron chi connectivity index (χ2n) is 8.00. The molecule has 0 atom stereocenters. The second kappa shape index (κ2) is 9.74. The minimum absolute atomic E-state index is 0.709. The molecule has 32 heavy (non-hydrogen) atoms. The van der Waals surface area contributed by atoms with Crippen LogP contribution in [-0.2, 0) is 6.42 Å². The second-order valence-corrected chi connectivity index (χ2v) is 8.40. The predicted molar refractivity (Wildman–Crippen MR) is 138 cm³/mol. The summed E-state index contributed by atoms with van der Waals surface area (Å²) < 4.78 is 6.46. The molecule has 0 fully saturated rings. The van der Waals surface area contributed by atoms with E-state index >= 15 is 0 Å². The number of benzene rings is 3. The maximum atomic E-state index is 6.46. The highest BCUT2D eigenvalue weighted by Gasteiger charge is 2.22. The van der Waals surface area contributed by atoms with Gasteiger partial charge in [0.25, 0.3) is 0 Å². The number of fused-ring (bicyclic) bond motifs is 2. The van der Waals surface area contributed by atoms with Crippen LogP contribution in [0.5, 0.6) is 11.5 Å². The Bertz CT molecular complexity index is 1090. The molecule has 168 valence electrons. The van der Waals surface area contributed by atoms with E-state index in [4.69, 9.17) is 16.3 Å². The molecular weight excluding hydrogens is 418 g/mol. The van der Waals surface area contributed by atoms with Crippen molar-refractivity contribution in [1.82, 2.24) is 0 Å². The number of ether oxygens (including phenoxy) is 1. The van der Waals surface area contributed by atoms with Gasteiger partial charge in [0.05, 0.1) is 22.1 Å². The SMILES string of the molecule is CCN(CC)c1ccc2c(c1)Oc1cc(N(CC)CC)c(Nc3ccccc3Cl)cc1C2. The van der Waals surface area contributed by atoms with E-state index in [-0.39, 0.29) is 0 Å². The zero-order valence-corrected chi connectivity index (χ0v) is 20.2. The number of para-hydroxylation sites is 1. The van der Waals surface area contributed by atoms with Crippen molar-refractivity contribution in [2.24, 2.45) is 0 Å². The monoisotopic (exact) mass is 449 g/mol. The maximum Gasteiger partial charge on any atom is 0.133 e. The highest BCUT2D eigenvalue weighted by Crippen LogP contribution is 2.44. The van der Waals surface area contributed by atoms with Crippen LogP contribution in [0.4, 0.5) is 22.7 Å². The molecule has 0 aliphatic carbocycles. The Balaban J connectivity index is 1.73. The minimum Gasteiger partial charge on any atom is -0.457 e. The molecular formula is C27H32ClN3O. The Kier molecular flexibility index (Phi) is 6.80. The number of halogens is 1. The zero-order chi connectivity index (χ0) is 22.7. The average Bonchev–Trinajstić information content (AvgIpc) is 2.81. The Morgan fingerprint density at radius 3 is 2.16 bits per heavy atom. The molecule has 0 saturated heterocycles. The molecule has 4 nitrogen and oxygen atoms in total. The van der Waals surface area contributed by atoms with Crippen molar-refractivity contribution in [3.05, 3.63) is 70.7 Å². The van der Waals surface area contributed by atoms with E-state index in [1.807, 2.05) is 24.3 Å². The number of rotatable bonds is 8. The molecule has 1 N–H and O–H groups in total. The third-order valence-electron chi connectivity index (χ3n) is 6.21. The summed E-state index contributed by atoms with van der Waals surface area (Å²) in [7, 11) is 0. The number of hydrogen-bond acceptors (Lipinski definition) is 4. The van der Waals surface area contributed by atoms with E-state index in [2.05, 4.69) is 73.1 Å². The van der Waals surface area contributed by atoms with E-state index in [1.165, 1.54) is 16.8 Å². The fraction of sp³-hybridized carbons (Fsp3) is 0.333. The quantitative estimate of drug-likeness (QED) is 0.302. The molecule has 3 aromatic rings. The lowest BCUT2D eigenvalue weighted by Crippen LogP contribution is -2.23. The van der Waals surface area contributed by atoms with Crippen molar-refractivity contribution in [3.8, 4) is 11.5 Å². The van der Waals surface area contributed by atoms with Crippen molar-refractivity contribution < 1.29 is 4.74 Å². The molecule has 5 heteroatoms. The molecule has 0 unspecified atom stereocenters. The third kappa shape index (κ3) is 4.37. The van der Waals surface area contributed by atoms with Crippen LogP contribution in [0.25, 0.3) is 0 Å². The Morgan fingerprint density at radius 2 is 1.47 bits per heavy atom. The molecule has 1 aliphatic heterocycles. The molecule has 0 amide bonds. The lowest BCUT2D eigenvalue weighted by molar-refractivity contribution is 0.460. The molecule has 3 aromatic carbocycles. The van der Waals surface area contributed by atoms with Gasteiger partial charge in [-0.2, -0.15) is 0 Å². The van der Waals surface area contributed by atoms with Crippen LogP contribution in [0.15, 0.2) is 54.6 Å². The van der Waals surface area contributed by atoms with Gasteiger partial charge in [-0.3, -0.25) is 0 Å². The van der Waals surface area contributed by atoms with E-state index in [0.717, 1.165) is 61.2 Å². The van der Waals surface area contributed by atoms with Crippen LogP contribution < -0.4 is 19.9 Å². The summed E-state index contributed by atoms with van der Waals surface area (Å²) in [5, 5.41) is 4.28. The molecule has 0 radical (unpaired) electrons. The fourth-order valence-corrected chi connectivity index (χ4v) is 4.56. The highest BCUT2D eigenvalue weighted by molar-refractivity contribution is 6.33. The first-order valence-corrected chi connectivity index (χ1v) is 11.9. The first kappa shape index (κ1) is 22.3. The lowest BCUT2D eigenvalue weighted by Gasteiger charge is -2.29. The van der Waals surface area contributed by atoms with Gasteiger partial charge in [0.2, 0.25) is 0 Å². The van der Waals surface area contributed by atoms with E-state index in [1.54, 1.807) is 0 Å². The predicted octanol–water partition coefficient (Wildman–Crippen LogP) is 7.47. The van der Waals surface area contributed by atoms with Crippen molar-refractivity contribution in [2.75, 3.05) is 41.3 Å². The summed E-state index contributed by atoms with van der Waals surface area (Å²) in [6.45, 7) is 12.5. The van der Waals surface area contributed by atoms with E-state index in [9.17, 15) is 0 Å².